The first-order chi connectivity index (χ1) is 12.8. The lowest BCUT2D eigenvalue weighted by atomic mass is 10.0. The Hall–Kier alpha value is -3.22. The Bertz CT molecular complexity index is 793. The Balaban J connectivity index is 1.94. The van der Waals surface area contributed by atoms with E-state index in [1.165, 1.54) is 38.1 Å². The maximum atomic E-state index is 12.9. The molecule has 0 aliphatic heterocycles. The van der Waals surface area contributed by atoms with Crippen LogP contribution in [-0.4, -0.2) is 23.9 Å². The summed E-state index contributed by atoms with van der Waals surface area (Å²) in [6.45, 7) is 2.80. The summed E-state index contributed by atoms with van der Waals surface area (Å²) in [6, 6.07) is 13.7. The normalized spacial score (nSPS) is 12.6. The number of halogens is 1. The fourth-order valence-corrected chi connectivity index (χ4v) is 2.43. The molecule has 0 bridgehead atoms. The van der Waals surface area contributed by atoms with Gasteiger partial charge < -0.3 is 15.4 Å². The van der Waals surface area contributed by atoms with Gasteiger partial charge in [-0.25, -0.2) is 4.39 Å². The van der Waals surface area contributed by atoms with Crippen LogP contribution in [-0.2, 0) is 19.1 Å². The number of esters is 1. The molecule has 2 rings (SSSR count). The van der Waals surface area contributed by atoms with Gasteiger partial charge in [-0.15, -0.1) is 0 Å². The molecule has 142 valence electrons. The molecule has 27 heavy (non-hydrogen) atoms. The number of hydrogen-bond donors (Lipinski definition) is 2. The Labute approximate surface area is 156 Å². The number of anilines is 1. The molecule has 6 nitrogen and oxygen atoms in total. The zero-order valence-corrected chi connectivity index (χ0v) is 15.1. The van der Waals surface area contributed by atoms with Crippen LogP contribution in [0.2, 0.25) is 0 Å². The minimum atomic E-state index is -1.05. The molecule has 2 N–H and O–H groups in total. The van der Waals surface area contributed by atoms with E-state index in [1.807, 2.05) is 6.07 Å². The zero-order chi connectivity index (χ0) is 19.8. The van der Waals surface area contributed by atoms with Crippen LogP contribution in [0, 0.1) is 5.82 Å². The quantitative estimate of drug-likeness (QED) is 0.732. The van der Waals surface area contributed by atoms with Crippen LogP contribution in [0.15, 0.2) is 54.6 Å². The molecular formula is C20H21FN2O4. The third-order valence-corrected chi connectivity index (χ3v) is 3.74. The van der Waals surface area contributed by atoms with Crippen molar-refractivity contribution in [2.24, 2.45) is 0 Å². The topological polar surface area (TPSA) is 84.5 Å². The maximum absolute atomic E-state index is 12.9. The standard InChI is InChI=1S/C20H21FN2O4/c1-13(20(26)23-17-10-8-16(21)9-11-17)27-19(25)12-18(22-14(2)24)15-6-4-3-5-7-15/h3-11,13,18H,12H2,1-2H3,(H,22,24)(H,23,26)/t13-,18-/m0/s1. The summed E-state index contributed by atoms with van der Waals surface area (Å²) in [5.74, 6) is -1.86. The van der Waals surface area contributed by atoms with E-state index >= 15 is 0 Å². The van der Waals surface area contributed by atoms with E-state index in [0.29, 0.717) is 5.69 Å². The van der Waals surface area contributed by atoms with Crippen LogP contribution < -0.4 is 10.6 Å². The van der Waals surface area contributed by atoms with Crippen LogP contribution in [0.4, 0.5) is 10.1 Å². The predicted molar refractivity (Wildman–Crippen MR) is 98.2 cm³/mol. The molecule has 0 aliphatic rings. The van der Waals surface area contributed by atoms with Crippen molar-refractivity contribution in [1.29, 1.82) is 0 Å². The first-order valence-electron chi connectivity index (χ1n) is 8.43. The average molecular weight is 372 g/mol. The minimum Gasteiger partial charge on any atom is -0.452 e. The fraction of sp³-hybridized carbons (Fsp3) is 0.250. The third-order valence-electron chi connectivity index (χ3n) is 3.74. The van der Waals surface area contributed by atoms with Crippen LogP contribution in [0.5, 0.6) is 0 Å². The number of ether oxygens (including phenoxy) is 1. The van der Waals surface area contributed by atoms with Gasteiger partial charge in [-0.05, 0) is 36.8 Å². The molecule has 0 heterocycles. The van der Waals surface area contributed by atoms with Crippen molar-refractivity contribution in [2.75, 3.05) is 5.32 Å². The molecule has 0 aliphatic carbocycles. The number of benzene rings is 2. The van der Waals surface area contributed by atoms with E-state index in [-0.39, 0.29) is 12.3 Å². The van der Waals surface area contributed by atoms with Crippen LogP contribution in [0.25, 0.3) is 0 Å². The molecule has 0 unspecified atom stereocenters. The van der Waals surface area contributed by atoms with E-state index in [0.717, 1.165) is 5.56 Å². The molecule has 0 aromatic heterocycles. The van der Waals surface area contributed by atoms with Gasteiger partial charge in [-0.1, -0.05) is 30.3 Å². The molecule has 7 heteroatoms. The van der Waals surface area contributed by atoms with Crippen molar-refractivity contribution in [3.8, 4) is 0 Å². The molecular weight excluding hydrogens is 351 g/mol. The molecule has 2 aromatic carbocycles. The minimum absolute atomic E-state index is 0.113. The summed E-state index contributed by atoms with van der Waals surface area (Å²) in [7, 11) is 0. The van der Waals surface area contributed by atoms with Crippen molar-refractivity contribution in [3.63, 3.8) is 0 Å². The van der Waals surface area contributed by atoms with Gasteiger partial charge in [0.25, 0.3) is 5.91 Å². The highest BCUT2D eigenvalue weighted by molar-refractivity contribution is 5.95. The Morgan fingerprint density at radius 3 is 2.26 bits per heavy atom. The van der Waals surface area contributed by atoms with Crippen molar-refractivity contribution < 1.29 is 23.5 Å². The molecule has 0 radical (unpaired) electrons. The van der Waals surface area contributed by atoms with Gasteiger partial charge in [-0.3, -0.25) is 14.4 Å². The van der Waals surface area contributed by atoms with Crippen LogP contribution in [0.3, 0.4) is 0 Å². The predicted octanol–water partition coefficient (Wildman–Crippen LogP) is 2.96. The van der Waals surface area contributed by atoms with Gasteiger partial charge in [0.2, 0.25) is 5.91 Å². The molecule has 2 aromatic rings. The summed E-state index contributed by atoms with van der Waals surface area (Å²) >= 11 is 0. The van der Waals surface area contributed by atoms with Gasteiger partial charge >= 0.3 is 5.97 Å². The Kier molecular flexibility index (Phi) is 7.05. The number of carbonyl (C=O) groups is 3. The number of nitrogens with one attached hydrogen (secondary N) is 2. The SMILES string of the molecule is CC(=O)N[C@@H](CC(=O)O[C@@H](C)C(=O)Nc1ccc(F)cc1)c1ccccc1. The third kappa shape index (κ3) is 6.54. The second-order valence-electron chi connectivity index (χ2n) is 6.00. The lowest BCUT2D eigenvalue weighted by Gasteiger charge is -2.19. The molecule has 0 saturated carbocycles. The molecule has 2 atom stereocenters. The highest BCUT2D eigenvalue weighted by Crippen LogP contribution is 2.18. The molecule has 0 fully saturated rings. The molecule has 0 saturated heterocycles. The number of amides is 2. The molecule has 0 spiro atoms. The summed E-state index contributed by atoms with van der Waals surface area (Å²) in [5, 5.41) is 5.24. The number of carbonyl (C=O) groups excluding carboxylic acids is 3. The van der Waals surface area contributed by atoms with E-state index in [2.05, 4.69) is 10.6 Å². The smallest absolute Gasteiger partial charge is 0.309 e. The van der Waals surface area contributed by atoms with Crippen molar-refractivity contribution in [1.82, 2.24) is 5.32 Å². The van der Waals surface area contributed by atoms with Gasteiger partial charge in [0, 0.05) is 12.6 Å². The van der Waals surface area contributed by atoms with E-state index in [9.17, 15) is 18.8 Å². The lowest BCUT2D eigenvalue weighted by molar-refractivity contribution is -0.153. The van der Waals surface area contributed by atoms with Crippen LogP contribution in [0.1, 0.15) is 31.9 Å². The van der Waals surface area contributed by atoms with E-state index < -0.39 is 29.8 Å². The highest BCUT2D eigenvalue weighted by Gasteiger charge is 2.22. The second-order valence-corrected chi connectivity index (χ2v) is 6.00. The van der Waals surface area contributed by atoms with Crippen molar-refractivity contribution in [2.45, 2.75) is 32.4 Å². The summed E-state index contributed by atoms with van der Waals surface area (Å²) in [5.41, 5.74) is 1.15. The highest BCUT2D eigenvalue weighted by atomic mass is 19.1. The first-order valence-corrected chi connectivity index (χ1v) is 8.43. The largest absolute Gasteiger partial charge is 0.452 e. The Morgan fingerprint density at radius 2 is 1.67 bits per heavy atom. The first kappa shape index (κ1) is 20.1. The van der Waals surface area contributed by atoms with Crippen molar-refractivity contribution in [3.05, 3.63) is 66.0 Å². The summed E-state index contributed by atoms with van der Waals surface area (Å²) < 4.78 is 18.1. The van der Waals surface area contributed by atoms with E-state index in [4.69, 9.17) is 4.74 Å². The zero-order valence-electron chi connectivity index (χ0n) is 15.1. The second kappa shape index (κ2) is 9.47. The monoisotopic (exact) mass is 372 g/mol. The lowest BCUT2D eigenvalue weighted by Crippen LogP contribution is -2.33. The summed E-state index contributed by atoms with van der Waals surface area (Å²) in [4.78, 5) is 35.7. The van der Waals surface area contributed by atoms with Gasteiger partial charge in [-0.2, -0.15) is 0 Å². The Morgan fingerprint density at radius 1 is 1.04 bits per heavy atom. The maximum Gasteiger partial charge on any atom is 0.309 e. The molecule has 2 amide bonds. The van der Waals surface area contributed by atoms with Gasteiger partial charge in [0.15, 0.2) is 6.10 Å². The summed E-state index contributed by atoms with van der Waals surface area (Å²) in [6.07, 6.45) is -1.16. The fourth-order valence-electron chi connectivity index (χ4n) is 2.43. The number of rotatable bonds is 7. The van der Waals surface area contributed by atoms with Crippen molar-refractivity contribution >= 4 is 23.5 Å². The van der Waals surface area contributed by atoms with E-state index in [1.54, 1.807) is 24.3 Å². The number of hydrogen-bond acceptors (Lipinski definition) is 4. The van der Waals surface area contributed by atoms with Crippen LogP contribution >= 0.6 is 0 Å². The van der Waals surface area contributed by atoms with Gasteiger partial charge in [0.1, 0.15) is 5.82 Å². The average Bonchev–Trinajstić information content (AvgIpc) is 2.63. The van der Waals surface area contributed by atoms with Gasteiger partial charge in [0.05, 0.1) is 12.5 Å².